The Balaban J connectivity index is 1.31. The van der Waals surface area contributed by atoms with Gasteiger partial charge in [-0.2, -0.15) is 13.2 Å². The third-order valence-corrected chi connectivity index (χ3v) is 9.47. The topological polar surface area (TPSA) is 50.9 Å². The van der Waals surface area contributed by atoms with Crippen LogP contribution >= 0.6 is 11.6 Å². The van der Waals surface area contributed by atoms with Crippen molar-refractivity contribution >= 4 is 17.5 Å². The van der Waals surface area contributed by atoms with Gasteiger partial charge in [-0.1, -0.05) is 79.7 Å². The molecule has 5 rings (SSSR count). The van der Waals surface area contributed by atoms with E-state index in [-0.39, 0.29) is 17.4 Å². The summed E-state index contributed by atoms with van der Waals surface area (Å²) in [4.78, 5) is 18.0. The first kappa shape index (κ1) is 34.0. The van der Waals surface area contributed by atoms with E-state index in [0.29, 0.717) is 44.2 Å². The van der Waals surface area contributed by atoms with Gasteiger partial charge >= 0.3 is 6.18 Å². The predicted octanol–water partition coefficient (Wildman–Crippen LogP) is 6.48. The minimum Gasteiger partial charge on any atom is -0.377 e. The molecule has 2 aliphatic rings. The first-order valence-electron chi connectivity index (χ1n) is 16.0. The van der Waals surface area contributed by atoms with Crippen LogP contribution in [0.5, 0.6) is 0 Å². The Morgan fingerprint density at radius 2 is 1.65 bits per heavy atom. The summed E-state index contributed by atoms with van der Waals surface area (Å²) in [5.41, 5.74) is 7.30. The quantitative estimate of drug-likeness (QED) is 0.232. The summed E-state index contributed by atoms with van der Waals surface area (Å²) in [5, 5.41) is 5.94. The van der Waals surface area contributed by atoms with Gasteiger partial charge in [0.2, 0.25) is 5.91 Å². The number of rotatable bonds is 11. The molecule has 3 aromatic carbocycles. The van der Waals surface area contributed by atoms with Crippen LogP contribution in [0.1, 0.15) is 47.3 Å². The third kappa shape index (κ3) is 8.31. The number of hydrogen-bond acceptors (Lipinski definition) is 5. The summed E-state index contributed by atoms with van der Waals surface area (Å²) >= 11 is 6.14. The normalized spacial score (nSPS) is 18.6. The van der Waals surface area contributed by atoms with Gasteiger partial charge in [-0.15, -0.1) is 0 Å². The van der Waals surface area contributed by atoms with Crippen molar-refractivity contribution in [2.75, 3.05) is 39.8 Å². The molecular formula is C36H43ClF3N5O. The summed E-state index contributed by atoms with van der Waals surface area (Å²) < 4.78 is 42.1. The fourth-order valence-corrected chi connectivity index (χ4v) is 6.58. The van der Waals surface area contributed by atoms with E-state index in [1.807, 2.05) is 48.0 Å². The molecular weight excluding hydrogens is 611 g/mol. The number of hydrogen-bond donors (Lipinski definition) is 2. The number of hydrazine groups is 1. The zero-order chi connectivity index (χ0) is 32.8. The lowest BCUT2D eigenvalue weighted by atomic mass is 9.82. The maximum Gasteiger partial charge on any atom is 0.416 e. The first-order valence-corrected chi connectivity index (χ1v) is 16.3. The largest absolute Gasteiger partial charge is 0.416 e. The molecule has 3 unspecified atom stereocenters. The van der Waals surface area contributed by atoms with Gasteiger partial charge in [-0.05, 0) is 59.7 Å². The smallest absolute Gasteiger partial charge is 0.377 e. The molecule has 246 valence electrons. The van der Waals surface area contributed by atoms with Gasteiger partial charge in [0.15, 0.2) is 0 Å². The fraction of sp³-hybridized carbons (Fsp3) is 0.417. The minimum atomic E-state index is -4.48. The van der Waals surface area contributed by atoms with Crippen LogP contribution in [0.4, 0.5) is 13.2 Å². The molecule has 1 fully saturated rings. The van der Waals surface area contributed by atoms with Gasteiger partial charge < -0.3 is 10.2 Å². The van der Waals surface area contributed by atoms with E-state index in [2.05, 4.69) is 41.6 Å². The summed E-state index contributed by atoms with van der Waals surface area (Å²) in [5.74, 6) is 0.168. The van der Waals surface area contributed by atoms with Crippen molar-refractivity contribution in [3.05, 3.63) is 118 Å². The van der Waals surface area contributed by atoms with Crippen LogP contribution in [-0.2, 0) is 30.2 Å². The van der Waals surface area contributed by atoms with E-state index in [4.69, 9.17) is 11.6 Å². The Labute approximate surface area is 275 Å². The minimum absolute atomic E-state index is 0.0437. The molecule has 1 aliphatic heterocycles. The molecule has 0 bridgehead atoms. The number of alkyl halides is 3. The molecule has 2 N–H and O–H groups in total. The number of nitrogens with zero attached hydrogens (tertiary/aromatic N) is 3. The summed E-state index contributed by atoms with van der Waals surface area (Å²) in [6, 6.07) is 21.1. The van der Waals surface area contributed by atoms with E-state index >= 15 is 0 Å². The SMILES string of the molecule is C=C(NC(Cc1ccc(Cl)cc1)C(=O)N1CCN(C(NN(C)CC)c2ccccc2C(F)(F)F)CC1)C1CCc2ccccc2C1. The van der Waals surface area contributed by atoms with Crippen LogP contribution in [0, 0.1) is 5.92 Å². The number of nitrogens with one attached hydrogen (secondary N) is 2. The van der Waals surface area contributed by atoms with Crippen LogP contribution in [0.25, 0.3) is 0 Å². The predicted molar refractivity (Wildman–Crippen MR) is 177 cm³/mol. The van der Waals surface area contributed by atoms with E-state index < -0.39 is 23.9 Å². The maximum atomic E-state index is 14.1. The van der Waals surface area contributed by atoms with E-state index in [1.54, 1.807) is 11.1 Å². The first-order chi connectivity index (χ1) is 22.0. The van der Waals surface area contributed by atoms with Crippen molar-refractivity contribution in [1.82, 2.24) is 25.6 Å². The van der Waals surface area contributed by atoms with Crippen LogP contribution in [-0.4, -0.2) is 66.5 Å². The number of allylic oxidation sites excluding steroid dienone is 1. The molecule has 1 heterocycles. The highest BCUT2D eigenvalue weighted by Gasteiger charge is 2.38. The van der Waals surface area contributed by atoms with Gasteiger partial charge in [-0.25, -0.2) is 10.4 Å². The number of benzene rings is 3. The zero-order valence-electron chi connectivity index (χ0n) is 26.5. The highest BCUT2D eigenvalue weighted by molar-refractivity contribution is 6.30. The highest BCUT2D eigenvalue weighted by Crippen LogP contribution is 2.36. The van der Waals surface area contributed by atoms with Crippen LogP contribution in [0.2, 0.25) is 5.02 Å². The van der Waals surface area contributed by atoms with Crippen molar-refractivity contribution in [2.24, 2.45) is 5.92 Å². The van der Waals surface area contributed by atoms with E-state index in [9.17, 15) is 18.0 Å². The molecule has 6 nitrogen and oxygen atoms in total. The molecule has 0 aromatic heterocycles. The van der Waals surface area contributed by atoms with Crippen molar-refractivity contribution in [2.45, 2.75) is 51.0 Å². The fourth-order valence-electron chi connectivity index (χ4n) is 6.46. The van der Waals surface area contributed by atoms with Crippen LogP contribution in [0.15, 0.2) is 85.1 Å². The monoisotopic (exact) mass is 653 g/mol. The van der Waals surface area contributed by atoms with Crippen molar-refractivity contribution < 1.29 is 18.0 Å². The van der Waals surface area contributed by atoms with Gasteiger partial charge in [0, 0.05) is 62.8 Å². The molecule has 3 aromatic rings. The number of aryl methyl sites for hydroxylation is 1. The Morgan fingerprint density at radius 1 is 1.00 bits per heavy atom. The number of carbonyl (C=O) groups excluding carboxylic acids is 1. The van der Waals surface area contributed by atoms with Crippen LogP contribution in [0.3, 0.4) is 0 Å². The number of amides is 1. The lowest BCUT2D eigenvalue weighted by Crippen LogP contribution is -2.57. The van der Waals surface area contributed by atoms with E-state index in [0.717, 1.165) is 36.6 Å². The Kier molecular flexibility index (Phi) is 11.1. The summed E-state index contributed by atoms with van der Waals surface area (Å²) in [6.45, 7) is 8.55. The number of carbonyl (C=O) groups is 1. The van der Waals surface area contributed by atoms with Gasteiger partial charge in [0.05, 0.1) is 11.7 Å². The Morgan fingerprint density at radius 3 is 2.33 bits per heavy atom. The number of fused-ring (bicyclic) bond motifs is 1. The molecule has 46 heavy (non-hydrogen) atoms. The molecule has 3 atom stereocenters. The number of piperazine rings is 1. The Hall–Kier alpha value is -3.37. The average Bonchev–Trinajstić information content (AvgIpc) is 3.06. The van der Waals surface area contributed by atoms with Gasteiger partial charge in [0.1, 0.15) is 6.04 Å². The Bertz CT molecular complexity index is 1490. The molecule has 1 aliphatic carbocycles. The maximum absolute atomic E-state index is 14.1. The molecule has 1 amide bonds. The molecule has 0 radical (unpaired) electrons. The second kappa shape index (κ2) is 15.0. The van der Waals surface area contributed by atoms with Crippen molar-refractivity contribution in [3.8, 4) is 0 Å². The standard InChI is InChI=1S/C36H43ClF3N5O/c1-4-43(3)42-34(31-11-7-8-12-32(31)36(38,39)40)44-19-21-45(22-20-44)35(46)33(23-26-13-17-30(37)18-14-26)41-25(2)28-16-15-27-9-5-6-10-29(27)24-28/h5-14,17-18,28,33-34,41-42H,2,4,15-16,19-24H2,1,3H3. The average molecular weight is 654 g/mol. The zero-order valence-corrected chi connectivity index (χ0v) is 27.2. The second-order valence-corrected chi connectivity index (χ2v) is 12.7. The van der Waals surface area contributed by atoms with E-state index in [1.165, 1.54) is 23.3 Å². The number of halogens is 4. The summed E-state index contributed by atoms with van der Waals surface area (Å²) in [7, 11) is 1.81. The van der Waals surface area contributed by atoms with Crippen molar-refractivity contribution in [3.63, 3.8) is 0 Å². The van der Waals surface area contributed by atoms with Gasteiger partial charge in [0.25, 0.3) is 0 Å². The molecule has 1 saturated heterocycles. The van der Waals surface area contributed by atoms with Crippen LogP contribution < -0.4 is 10.7 Å². The lowest BCUT2D eigenvalue weighted by molar-refractivity contribution is -0.139. The molecule has 10 heteroatoms. The molecule has 0 saturated carbocycles. The highest BCUT2D eigenvalue weighted by atomic mass is 35.5. The van der Waals surface area contributed by atoms with Crippen molar-refractivity contribution in [1.29, 1.82) is 0 Å². The lowest BCUT2D eigenvalue weighted by Gasteiger charge is -2.42. The third-order valence-electron chi connectivity index (χ3n) is 9.22. The van der Waals surface area contributed by atoms with Gasteiger partial charge in [-0.3, -0.25) is 9.69 Å². The molecule has 0 spiro atoms. The summed E-state index contributed by atoms with van der Waals surface area (Å²) in [6.07, 6.45) is -1.91. The second-order valence-electron chi connectivity index (χ2n) is 12.3.